The van der Waals surface area contributed by atoms with E-state index in [1.807, 2.05) is 19.1 Å². The fraction of sp³-hybridized carbons (Fsp3) is 0.211. The van der Waals surface area contributed by atoms with Crippen molar-refractivity contribution < 1.29 is 14.0 Å². The largest absolute Gasteiger partial charge is 0.419 e. The molecule has 0 aliphatic carbocycles. The first-order valence-corrected chi connectivity index (χ1v) is 8.20. The van der Waals surface area contributed by atoms with Crippen LogP contribution in [0.5, 0.6) is 0 Å². The van der Waals surface area contributed by atoms with Gasteiger partial charge in [0.1, 0.15) is 0 Å². The Morgan fingerprint density at radius 1 is 1.12 bits per heavy atom. The summed E-state index contributed by atoms with van der Waals surface area (Å²) >= 11 is 0. The summed E-state index contributed by atoms with van der Waals surface area (Å²) in [5, 5.41) is 5.50. The third kappa shape index (κ3) is 3.83. The van der Waals surface area contributed by atoms with Gasteiger partial charge >= 0.3 is 5.76 Å². The summed E-state index contributed by atoms with van der Waals surface area (Å²) < 4.78 is 6.59. The predicted molar refractivity (Wildman–Crippen MR) is 99.2 cm³/mol. The average molecular weight is 353 g/mol. The predicted octanol–water partition coefficient (Wildman–Crippen LogP) is 2.89. The van der Waals surface area contributed by atoms with Gasteiger partial charge in [-0.1, -0.05) is 18.2 Å². The minimum atomic E-state index is -0.484. The molecule has 134 valence electrons. The molecule has 7 nitrogen and oxygen atoms in total. The van der Waals surface area contributed by atoms with Crippen LogP contribution in [0.2, 0.25) is 0 Å². The molecule has 0 saturated carbocycles. The van der Waals surface area contributed by atoms with Crippen LogP contribution in [0, 0.1) is 6.92 Å². The number of para-hydroxylation sites is 2. The molecular formula is C19H19N3O4. The van der Waals surface area contributed by atoms with Gasteiger partial charge in [-0.05, 0) is 36.8 Å². The smallest absolute Gasteiger partial charge is 0.408 e. The molecule has 0 aliphatic heterocycles. The molecular weight excluding hydrogens is 334 g/mol. The molecule has 26 heavy (non-hydrogen) atoms. The molecule has 7 heteroatoms. The molecule has 2 amide bonds. The van der Waals surface area contributed by atoms with Crippen LogP contribution in [0.25, 0.3) is 11.1 Å². The van der Waals surface area contributed by atoms with E-state index in [1.54, 1.807) is 30.3 Å². The fourth-order valence-electron chi connectivity index (χ4n) is 2.69. The van der Waals surface area contributed by atoms with Crippen molar-refractivity contribution in [2.75, 3.05) is 10.6 Å². The number of hydrogen-bond donors (Lipinski definition) is 2. The first-order chi connectivity index (χ1) is 12.4. The number of carbonyl (C=O) groups is 2. The molecule has 0 atom stereocenters. The Kier molecular flexibility index (Phi) is 4.88. The van der Waals surface area contributed by atoms with Crippen molar-refractivity contribution in [2.24, 2.45) is 0 Å². The van der Waals surface area contributed by atoms with Gasteiger partial charge in [-0.3, -0.25) is 14.2 Å². The number of amides is 2. The van der Waals surface area contributed by atoms with Crippen LogP contribution in [0.4, 0.5) is 11.4 Å². The zero-order valence-electron chi connectivity index (χ0n) is 14.5. The van der Waals surface area contributed by atoms with E-state index in [0.29, 0.717) is 22.5 Å². The molecule has 0 fully saturated rings. The Morgan fingerprint density at radius 3 is 2.65 bits per heavy atom. The summed E-state index contributed by atoms with van der Waals surface area (Å²) in [6.45, 7) is 3.51. The summed E-state index contributed by atoms with van der Waals surface area (Å²) in [4.78, 5) is 35.4. The number of nitrogens with zero attached hydrogens (tertiary/aromatic N) is 1. The highest BCUT2D eigenvalue weighted by Crippen LogP contribution is 2.20. The van der Waals surface area contributed by atoms with E-state index in [1.165, 1.54) is 11.5 Å². The lowest BCUT2D eigenvalue weighted by molar-refractivity contribution is -0.116. The van der Waals surface area contributed by atoms with E-state index in [2.05, 4.69) is 10.6 Å². The van der Waals surface area contributed by atoms with Gasteiger partial charge in [0, 0.05) is 31.3 Å². The maximum absolute atomic E-state index is 12.2. The van der Waals surface area contributed by atoms with E-state index in [0.717, 1.165) is 5.56 Å². The number of aryl methyl sites for hydroxylation is 2. The molecule has 0 aliphatic rings. The highest BCUT2D eigenvalue weighted by molar-refractivity contribution is 5.94. The SMILES string of the molecule is CC(=O)Nc1cc(NC(=O)CCn2c(=O)oc3ccccc32)ccc1C. The number of benzene rings is 2. The number of hydrogen-bond acceptors (Lipinski definition) is 4. The molecule has 0 unspecified atom stereocenters. The number of nitrogens with one attached hydrogen (secondary N) is 2. The first kappa shape index (κ1) is 17.5. The second-order valence-electron chi connectivity index (χ2n) is 6.00. The number of anilines is 2. The molecule has 0 spiro atoms. The minimum absolute atomic E-state index is 0.118. The number of oxazole rings is 1. The summed E-state index contributed by atoms with van der Waals surface area (Å²) in [5.74, 6) is -0.898. The Hall–Kier alpha value is -3.35. The lowest BCUT2D eigenvalue weighted by atomic mass is 10.1. The standard InChI is InChI=1S/C19H19N3O4/c1-12-7-8-14(11-15(12)20-13(2)23)21-18(24)9-10-22-16-5-3-4-6-17(16)26-19(22)25/h3-8,11H,9-10H2,1-2H3,(H,20,23)(H,21,24). The van der Waals surface area contributed by atoms with Gasteiger partial charge in [0.2, 0.25) is 11.8 Å². The third-order valence-corrected chi connectivity index (χ3v) is 3.97. The Labute approximate surface area is 149 Å². The summed E-state index contributed by atoms with van der Waals surface area (Å²) in [5.41, 5.74) is 3.28. The van der Waals surface area contributed by atoms with E-state index >= 15 is 0 Å². The quantitative estimate of drug-likeness (QED) is 0.737. The molecule has 3 aromatic rings. The van der Waals surface area contributed by atoms with Crippen LogP contribution in [-0.4, -0.2) is 16.4 Å². The highest BCUT2D eigenvalue weighted by atomic mass is 16.4. The fourth-order valence-corrected chi connectivity index (χ4v) is 2.69. The Bertz CT molecular complexity index is 1030. The van der Waals surface area contributed by atoms with E-state index < -0.39 is 5.76 Å². The van der Waals surface area contributed by atoms with Crippen LogP contribution in [0.3, 0.4) is 0 Å². The second kappa shape index (κ2) is 7.26. The maximum atomic E-state index is 12.2. The van der Waals surface area contributed by atoms with Gasteiger partial charge < -0.3 is 15.1 Å². The van der Waals surface area contributed by atoms with Crippen molar-refractivity contribution in [3.05, 3.63) is 58.6 Å². The average Bonchev–Trinajstić information content (AvgIpc) is 2.91. The van der Waals surface area contributed by atoms with Gasteiger partial charge in [-0.2, -0.15) is 0 Å². The van der Waals surface area contributed by atoms with Gasteiger partial charge in [0.05, 0.1) is 5.52 Å². The van der Waals surface area contributed by atoms with Gasteiger partial charge in [-0.15, -0.1) is 0 Å². The normalized spacial score (nSPS) is 10.7. The second-order valence-corrected chi connectivity index (χ2v) is 6.00. The molecule has 1 heterocycles. The number of carbonyl (C=O) groups excluding carboxylic acids is 2. The Morgan fingerprint density at radius 2 is 1.88 bits per heavy atom. The van der Waals surface area contributed by atoms with Crippen LogP contribution < -0.4 is 16.4 Å². The zero-order chi connectivity index (χ0) is 18.7. The van der Waals surface area contributed by atoms with E-state index in [9.17, 15) is 14.4 Å². The van der Waals surface area contributed by atoms with Gasteiger partial charge in [0.25, 0.3) is 0 Å². The van der Waals surface area contributed by atoms with Crippen molar-refractivity contribution in [1.82, 2.24) is 4.57 Å². The first-order valence-electron chi connectivity index (χ1n) is 8.20. The van der Waals surface area contributed by atoms with Crippen LogP contribution in [0.1, 0.15) is 18.9 Å². The number of fused-ring (bicyclic) bond motifs is 1. The molecule has 1 aromatic heterocycles. The van der Waals surface area contributed by atoms with Crippen molar-refractivity contribution >= 4 is 34.3 Å². The molecule has 2 aromatic carbocycles. The summed E-state index contributed by atoms with van der Waals surface area (Å²) in [7, 11) is 0. The number of rotatable bonds is 5. The van der Waals surface area contributed by atoms with Crippen LogP contribution in [0.15, 0.2) is 51.7 Å². The van der Waals surface area contributed by atoms with Crippen LogP contribution in [-0.2, 0) is 16.1 Å². The summed E-state index contributed by atoms with van der Waals surface area (Å²) in [6.07, 6.45) is 0.118. The molecule has 0 saturated heterocycles. The van der Waals surface area contributed by atoms with Crippen molar-refractivity contribution in [2.45, 2.75) is 26.8 Å². The monoisotopic (exact) mass is 353 g/mol. The topological polar surface area (TPSA) is 93.3 Å². The Balaban J connectivity index is 1.68. The van der Waals surface area contributed by atoms with Crippen molar-refractivity contribution in [3.8, 4) is 0 Å². The lowest BCUT2D eigenvalue weighted by Crippen LogP contribution is -2.20. The van der Waals surface area contributed by atoms with Crippen molar-refractivity contribution in [3.63, 3.8) is 0 Å². The third-order valence-electron chi connectivity index (χ3n) is 3.97. The molecule has 3 rings (SSSR count). The van der Waals surface area contributed by atoms with Crippen molar-refractivity contribution in [1.29, 1.82) is 0 Å². The van der Waals surface area contributed by atoms with E-state index in [-0.39, 0.29) is 24.8 Å². The minimum Gasteiger partial charge on any atom is -0.408 e. The van der Waals surface area contributed by atoms with Crippen LogP contribution >= 0.6 is 0 Å². The summed E-state index contributed by atoms with van der Waals surface area (Å²) in [6, 6.07) is 12.4. The number of aromatic nitrogens is 1. The maximum Gasteiger partial charge on any atom is 0.419 e. The molecule has 2 N–H and O–H groups in total. The molecule has 0 radical (unpaired) electrons. The van der Waals surface area contributed by atoms with Gasteiger partial charge in [0.15, 0.2) is 5.58 Å². The van der Waals surface area contributed by atoms with Gasteiger partial charge in [-0.25, -0.2) is 4.79 Å². The highest BCUT2D eigenvalue weighted by Gasteiger charge is 2.11. The molecule has 0 bridgehead atoms. The zero-order valence-corrected chi connectivity index (χ0v) is 14.5. The van der Waals surface area contributed by atoms with E-state index in [4.69, 9.17) is 4.42 Å². The lowest BCUT2D eigenvalue weighted by Gasteiger charge is -2.10.